The number of aromatic nitrogens is 3. The SMILES string of the molecule is CC(C)c1cc([C@@H]2CCCN2C(=O)Nc2ccnn2Cc2cccs2)no1. The largest absolute Gasteiger partial charge is 0.361 e. The van der Waals surface area contributed by atoms with Gasteiger partial charge in [0, 0.05) is 29.5 Å². The molecule has 2 amide bonds. The summed E-state index contributed by atoms with van der Waals surface area (Å²) in [4.78, 5) is 15.9. The third kappa shape index (κ3) is 3.75. The number of nitrogens with zero attached hydrogens (tertiary/aromatic N) is 4. The molecule has 1 aliphatic rings. The molecule has 0 spiro atoms. The molecule has 0 aromatic carbocycles. The van der Waals surface area contributed by atoms with Crippen molar-refractivity contribution in [2.45, 2.75) is 45.2 Å². The van der Waals surface area contributed by atoms with E-state index in [1.54, 1.807) is 17.5 Å². The average molecular weight is 385 g/mol. The lowest BCUT2D eigenvalue weighted by Gasteiger charge is -2.23. The van der Waals surface area contributed by atoms with Crippen molar-refractivity contribution in [3.63, 3.8) is 0 Å². The monoisotopic (exact) mass is 385 g/mol. The molecule has 7 nitrogen and oxygen atoms in total. The van der Waals surface area contributed by atoms with Crippen LogP contribution in [0.3, 0.4) is 0 Å². The number of urea groups is 1. The topological polar surface area (TPSA) is 76.2 Å². The van der Waals surface area contributed by atoms with E-state index in [1.165, 1.54) is 4.88 Å². The first kappa shape index (κ1) is 17.8. The molecular weight excluding hydrogens is 362 g/mol. The van der Waals surface area contributed by atoms with E-state index in [0.29, 0.717) is 18.9 Å². The number of nitrogens with one attached hydrogen (secondary N) is 1. The quantitative estimate of drug-likeness (QED) is 0.703. The molecule has 4 heterocycles. The second-order valence-electron chi connectivity index (χ2n) is 7.04. The van der Waals surface area contributed by atoms with Gasteiger partial charge in [-0.25, -0.2) is 9.48 Å². The minimum atomic E-state index is -0.125. The van der Waals surface area contributed by atoms with Crippen LogP contribution >= 0.6 is 11.3 Å². The van der Waals surface area contributed by atoms with Crippen molar-refractivity contribution in [3.05, 3.63) is 52.2 Å². The predicted molar refractivity (Wildman–Crippen MR) is 104 cm³/mol. The molecule has 3 aromatic rings. The van der Waals surface area contributed by atoms with Gasteiger partial charge >= 0.3 is 6.03 Å². The fourth-order valence-electron chi connectivity index (χ4n) is 3.35. The maximum Gasteiger partial charge on any atom is 0.323 e. The second kappa shape index (κ2) is 7.56. The third-order valence-electron chi connectivity index (χ3n) is 4.81. The van der Waals surface area contributed by atoms with Crippen molar-refractivity contribution < 1.29 is 9.32 Å². The number of carbonyl (C=O) groups is 1. The molecular formula is C19H23N5O2S. The van der Waals surface area contributed by atoms with Crippen LogP contribution in [0.2, 0.25) is 0 Å². The van der Waals surface area contributed by atoms with E-state index in [9.17, 15) is 4.79 Å². The lowest BCUT2D eigenvalue weighted by Crippen LogP contribution is -2.35. The van der Waals surface area contributed by atoms with Gasteiger partial charge in [-0.2, -0.15) is 5.10 Å². The summed E-state index contributed by atoms with van der Waals surface area (Å²) < 4.78 is 7.24. The van der Waals surface area contributed by atoms with Crippen molar-refractivity contribution in [3.8, 4) is 0 Å². The van der Waals surface area contributed by atoms with Gasteiger partial charge in [-0.15, -0.1) is 11.3 Å². The van der Waals surface area contributed by atoms with E-state index in [-0.39, 0.29) is 18.0 Å². The average Bonchev–Trinajstić information content (AvgIpc) is 3.43. The number of amides is 2. The molecule has 1 saturated heterocycles. The maximum absolute atomic E-state index is 12.9. The zero-order valence-electron chi connectivity index (χ0n) is 15.5. The van der Waals surface area contributed by atoms with E-state index in [0.717, 1.165) is 24.3 Å². The Kier molecular flexibility index (Phi) is 4.98. The van der Waals surface area contributed by atoms with Gasteiger partial charge in [-0.3, -0.25) is 5.32 Å². The summed E-state index contributed by atoms with van der Waals surface area (Å²) in [5.74, 6) is 1.83. The molecule has 1 fully saturated rings. The number of hydrogen-bond acceptors (Lipinski definition) is 5. The molecule has 0 saturated carbocycles. The van der Waals surface area contributed by atoms with Crippen molar-refractivity contribution >= 4 is 23.2 Å². The molecule has 8 heteroatoms. The molecule has 0 unspecified atom stereocenters. The van der Waals surface area contributed by atoms with Crippen LogP contribution in [0, 0.1) is 0 Å². The Bertz CT molecular complexity index is 899. The number of thiophene rings is 1. The van der Waals surface area contributed by atoms with Crippen LogP contribution in [0.1, 0.15) is 55.0 Å². The fourth-order valence-corrected chi connectivity index (χ4v) is 4.03. The Hall–Kier alpha value is -2.61. The Morgan fingerprint density at radius 3 is 3.07 bits per heavy atom. The van der Waals surface area contributed by atoms with Gasteiger partial charge in [0.1, 0.15) is 17.3 Å². The van der Waals surface area contributed by atoms with Gasteiger partial charge in [-0.05, 0) is 24.3 Å². The lowest BCUT2D eigenvalue weighted by atomic mass is 10.1. The highest BCUT2D eigenvalue weighted by atomic mass is 32.1. The highest BCUT2D eigenvalue weighted by Gasteiger charge is 2.33. The van der Waals surface area contributed by atoms with Crippen LogP contribution in [0.5, 0.6) is 0 Å². The number of anilines is 1. The van der Waals surface area contributed by atoms with Crippen LogP contribution in [0.25, 0.3) is 0 Å². The maximum atomic E-state index is 12.9. The smallest absolute Gasteiger partial charge is 0.323 e. The number of carbonyl (C=O) groups excluding carboxylic acids is 1. The minimum absolute atomic E-state index is 0.0464. The van der Waals surface area contributed by atoms with E-state index in [2.05, 4.69) is 35.5 Å². The zero-order chi connectivity index (χ0) is 18.8. The molecule has 1 N–H and O–H groups in total. The number of rotatable bonds is 5. The molecule has 4 rings (SSSR count). The summed E-state index contributed by atoms with van der Waals surface area (Å²) in [6, 6.07) is 7.70. The highest BCUT2D eigenvalue weighted by Crippen LogP contribution is 2.33. The van der Waals surface area contributed by atoms with E-state index < -0.39 is 0 Å². The molecule has 1 atom stereocenters. The predicted octanol–water partition coefficient (Wildman–Crippen LogP) is 4.47. The Morgan fingerprint density at radius 1 is 1.44 bits per heavy atom. The third-order valence-corrected chi connectivity index (χ3v) is 5.67. The molecule has 142 valence electrons. The zero-order valence-corrected chi connectivity index (χ0v) is 16.3. The van der Waals surface area contributed by atoms with Gasteiger partial charge in [0.05, 0.1) is 18.8 Å². The number of likely N-dealkylation sites (tertiary alicyclic amines) is 1. The first-order valence-corrected chi connectivity index (χ1v) is 10.1. The van der Waals surface area contributed by atoms with Crippen molar-refractivity contribution in [1.82, 2.24) is 19.8 Å². The Morgan fingerprint density at radius 2 is 2.33 bits per heavy atom. The lowest BCUT2D eigenvalue weighted by molar-refractivity contribution is 0.204. The standard InChI is InChI=1S/C19H23N5O2S/c1-13(2)17-11-15(22-26-17)16-6-3-9-23(16)19(25)21-18-7-8-20-24(18)12-14-5-4-10-27-14/h4-5,7-8,10-11,13,16H,3,6,9,12H2,1-2H3,(H,21,25)/t16-/m0/s1. The van der Waals surface area contributed by atoms with Crippen molar-refractivity contribution in [2.24, 2.45) is 0 Å². The molecule has 0 bridgehead atoms. The Labute approximate surface area is 162 Å². The summed E-state index contributed by atoms with van der Waals surface area (Å²) in [5, 5.41) is 13.6. The summed E-state index contributed by atoms with van der Waals surface area (Å²) in [6.07, 6.45) is 3.56. The van der Waals surface area contributed by atoms with Crippen LogP contribution in [-0.2, 0) is 6.54 Å². The van der Waals surface area contributed by atoms with Crippen LogP contribution < -0.4 is 5.32 Å². The van der Waals surface area contributed by atoms with Crippen LogP contribution in [0.4, 0.5) is 10.6 Å². The van der Waals surface area contributed by atoms with E-state index >= 15 is 0 Å². The first-order chi connectivity index (χ1) is 13.1. The molecule has 0 aliphatic carbocycles. The fraction of sp³-hybridized carbons (Fsp3) is 0.421. The van der Waals surface area contributed by atoms with Crippen LogP contribution in [-0.4, -0.2) is 32.4 Å². The van der Waals surface area contributed by atoms with Crippen molar-refractivity contribution in [2.75, 3.05) is 11.9 Å². The summed E-state index contributed by atoms with van der Waals surface area (Å²) in [7, 11) is 0. The molecule has 1 aliphatic heterocycles. The number of hydrogen-bond donors (Lipinski definition) is 1. The van der Waals surface area contributed by atoms with Gasteiger partial charge in [0.2, 0.25) is 0 Å². The molecule has 0 radical (unpaired) electrons. The van der Waals surface area contributed by atoms with E-state index in [4.69, 9.17) is 4.52 Å². The summed E-state index contributed by atoms with van der Waals surface area (Å²) in [6.45, 7) is 5.49. The van der Waals surface area contributed by atoms with Gasteiger partial charge < -0.3 is 9.42 Å². The second-order valence-corrected chi connectivity index (χ2v) is 8.08. The van der Waals surface area contributed by atoms with Gasteiger partial charge in [0.15, 0.2) is 0 Å². The van der Waals surface area contributed by atoms with Crippen molar-refractivity contribution in [1.29, 1.82) is 0 Å². The molecule has 3 aromatic heterocycles. The van der Waals surface area contributed by atoms with Crippen LogP contribution in [0.15, 0.2) is 40.4 Å². The van der Waals surface area contributed by atoms with E-state index in [1.807, 2.05) is 33.2 Å². The summed E-state index contributed by atoms with van der Waals surface area (Å²) >= 11 is 1.67. The summed E-state index contributed by atoms with van der Waals surface area (Å²) in [5.41, 5.74) is 0.832. The van der Waals surface area contributed by atoms with Gasteiger partial charge in [-0.1, -0.05) is 25.1 Å². The normalized spacial score (nSPS) is 17.0. The molecule has 27 heavy (non-hydrogen) atoms. The Balaban J connectivity index is 1.47. The minimum Gasteiger partial charge on any atom is -0.361 e. The highest BCUT2D eigenvalue weighted by molar-refractivity contribution is 7.09. The first-order valence-electron chi connectivity index (χ1n) is 9.20. The van der Waals surface area contributed by atoms with Gasteiger partial charge in [0.25, 0.3) is 0 Å².